The molecule has 0 saturated carbocycles. The summed E-state index contributed by atoms with van der Waals surface area (Å²) in [5.41, 5.74) is 0. The Balaban J connectivity index is 3.97. The molecular formula is C10H23N2O2P. The summed E-state index contributed by atoms with van der Waals surface area (Å²) in [6.45, 7) is 8.76. The minimum atomic E-state index is -1.47. The van der Waals surface area contributed by atoms with Gasteiger partial charge in [-0.1, -0.05) is 0 Å². The van der Waals surface area contributed by atoms with Crippen LogP contribution in [0.15, 0.2) is 4.99 Å². The van der Waals surface area contributed by atoms with Crippen molar-refractivity contribution in [3.05, 3.63) is 0 Å². The van der Waals surface area contributed by atoms with Crippen molar-refractivity contribution in [2.24, 2.45) is 4.99 Å². The van der Waals surface area contributed by atoms with Crippen LogP contribution in [0.4, 0.5) is 0 Å². The summed E-state index contributed by atoms with van der Waals surface area (Å²) >= 11 is 0. The molecule has 4 nitrogen and oxygen atoms in total. The fourth-order valence-electron chi connectivity index (χ4n) is 1.37. The third-order valence-electron chi connectivity index (χ3n) is 1.89. The molecule has 0 saturated heterocycles. The third-order valence-corrected chi connectivity index (χ3v) is 3.62. The Morgan fingerprint density at radius 1 is 1.33 bits per heavy atom. The molecule has 0 spiro atoms. The van der Waals surface area contributed by atoms with Gasteiger partial charge in [-0.25, -0.2) is 4.67 Å². The first-order chi connectivity index (χ1) is 7.00. The molecule has 0 aromatic heterocycles. The van der Waals surface area contributed by atoms with Crippen molar-refractivity contribution < 1.29 is 9.42 Å². The van der Waals surface area contributed by atoms with Crippen LogP contribution >= 0.6 is 8.53 Å². The van der Waals surface area contributed by atoms with Crippen molar-refractivity contribution in [2.75, 3.05) is 13.7 Å². The topological polar surface area (TPSA) is 45.1 Å². The van der Waals surface area contributed by atoms with Gasteiger partial charge in [0.15, 0.2) is 0 Å². The molecule has 0 bridgehead atoms. The Kier molecular flexibility index (Phi) is 8.16. The second-order valence-corrected chi connectivity index (χ2v) is 5.11. The van der Waals surface area contributed by atoms with Gasteiger partial charge in [-0.05, 0) is 27.7 Å². The third kappa shape index (κ3) is 6.21. The predicted octanol–water partition coefficient (Wildman–Crippen LogP) is 2.43. The lowest BCUT2D eigenvalue weighted by Crippen LogP contribution is -2.32. The molecule has 0 aromatic carbocycles. The van der Waals surface area contributed by atoms with E-state index in [2.05, 4.69) is 32.7 Å². The highest BCUT2D eigenvalue weighted by molar-refractivity contribution is 7.43. The maximum atomic E-state index is 9.87. The van der Waals surface area contributed by atoms with Crippen molar-refractivity contribution in [3.63, 3.8) is 0 Å². The SMILES string of the molecule is CN=CCCOP(O)N(C(C)C)C(C)C. The van der Waals surface area contributed by atoms with Crippen LogP contribution in [0.1, 0.15) is 34.1 Å². The van der Waals surface area contributed by atoms with Crippen LogP contribution in [0.2, 0.25) is 0 Å². The van der Waals surface area contributed by atoms with Crippen molar-refractivity contribution in [3.8, 4) is 0 Å². The van der Waals surface area contributed by atoms with E-state index in [9.17, 15) is 4.89 Å². The molecule has 0 aliphatic carbocycles. The fraction of sp³-hybridized carbons (Fsp3) is 0.900. The molecule has 1 N–H and O–H groups in total. The lowest BCUT2D eigenvalue weighted by molar-refractivity contribution is 0.216. The van der Waals surface area contributed by atoms with Crippen molar-refractivity contribution in [1.82, 2.24) is 4.67 Å². The van der Waals surface area contributed by atoms with E-state index in [4.69, 9.17) is 4.52 Å². The maximum absolute atomic E-state index is 9.87. The summed E-state index contributed by atoms with van der Waals surface area (Å²) < 4.78 is 7.37. The quantitative estimate of drug-likeness (QED) is 0.418. The number of aliphatic imine (C=N–C) groups is 1. The van der Waals surface area contributed by atoms with Gasteiger partial charge in [0.25, 0.3) is 8.53 Å². The van der Waals surface area contributed by atoms with Gasteiger partial charge in [-0.2, -0.15) is 0 Å². The van der Waals surface area contributed by atoms with Gasteiger partial charge in [0.2, 0.25) is 0 Å². The molecule has 0 aliphatic heterocycles. The highest BCUT2D eigenvalue weighted by atomic mass is 31.2. The molecule has 0 aliphatic rings. The van der Waals surface area contributed by atoms with Crippen molar-refractivity contribution in [2.45, 2.75) is 46.2 Å². The average Bonchev–Trinajstić information content (AvgIpc) is 2.11. The van der Waals surface area contributed by atoms with Crippen LogP contribution in [-0.4, -0.2) is 41.5 Å². The van der Waals surface area contributed by atoms with Gasteiger partial charge in [0.1, 0.15) is 0 Å². The van der Waals surface area contributed by atoms with Crippen LogP contribution in [0.3, 0.4) is 0 Å². The second kappa shape index (κ2) is 8.17. The van der Waals surface area contributed by atoms with E-state index in [0.29, 0.717) is 18.7 Å². The summed E-state index contributed by atoms with van der Waals surface area (Å²) in [6, 6.07) is 0.585. The van der Waals surface area contributed by atoms with E-state index >= 15 is 0 Å². The Bertz CT molecular complexity index is 178. The number of nitrogens with zero attached hydrogens (tertiary/aromatic N) is 2. The van der Waals surface area contributed by atoms with Crippen molar-refractivity contribution in [1.29, 1.82) is 0 Å². The lowest BCUT2D eigenvalue weighted by Gasteiger charge is -2.32. The van der Waals surface area contributed by atoms with Gasteiger partial charge in [-0.3, -0.25) is 0 Å². The summed E-state index contributed by atoms with van der Waals surface area (Å²) in [6.07, 6.45) is 2.54. The first kappa shape index (κ1) is 15.0. The molecule has 0 aromatic rings. The zero-order valence-corrected chi connectivity index (χ0v) is 11.2. The van der Waals surface area contributed by atoms with E-state index in [1.807, 2.05) is 4.67 Å². The molecule has 1 atom stereocenters. The Morgan fingerprint density at radius 2 is 1.87 bits per heavy atom. The zero-order valence-electron chi connectivity index (χ0n) is 10.3. The van der Waals surface area contributed by atoms with Gasteiger partial charge >= 0.3 is 0 Å². The van der Waals surface area contributed by atoms with Gasteiger partial charge < -0.3 is 14.4 Å². The monoisotopic (exact) mass is 234 g/mol. The normalized spacial score (nSPS) is 14.7. The van der Waals surface area contributed by atoms with Gasteiger partial charge in [-0.15, -0.1) is 0 Å². The molecule has 90 valence electrons. The number of hydrogen-bond acceptors (Lipinski definition) is 4. The summed E-state index contributed by atoms with van der Waals surface area (Å²) in [4.78, 5) is 13.7. The van der Waals surface area contributed by atoms with Gasteiger partial charge in [0, 0.05) is 31.8 Å². The minimum absolute atomic E-state index is 0.293. The molecule has 0 amide bonds. The standard InChI is InChI=1S/C10H23N2O2P/c1-9(2)12(10(3)4)15(13)14-8-6-7-11-5/h7,9-10,13H,6,8H2,1-5H3. The van der Waals surface area contributed by atoms with Crippen LogP contribution in [0, 0.1) is 0 Å². The summed E-state index contributed by atoms with van der Waals surface area (Å²) in [5.74, 6) is 0. The van der Waals surface area contributed by atoms with E-state index in [1.54, 1.807) is 13.3 Å². The molecule has 1 unspecified atom stereocenters. The minimum Gasteiger partial charge on any atom is -0.338 e. The predicted molar refractivity (Wildman–Crippen MR) is 66.2 cm³/mol. The summed E-state index contributed by atoms with van der Waals surface area (Å²) in [5, 5.41) is 0. The molecule has 0 rings (SSSR count). The van der Waals surface area contributed by atoms with E-state index in [1.165, 1.54) is 0 Å². The number of hydrogen-bond donors (Lipinski definition) is 1. The lowest BCUT2D eigenvalue weighted by atomic mass is 10.3. The highest BCUT2D eigenvalue weighted by Crippen LogP contribution is 2.40. The number of rotatable bonds is 7. The van der Waals surface area contributed by atoms with Crippen LogP contribution in [-0.2, 0) is 4.52 Å². The molecule has 0 fully saturated rings. The van der Waals surface area contributed by atoms with Gasteiger partial charge in [0.05, 0.1) is 6.61 Å². The average molecular weight is 234 g/mol. The largest absolute Gasteiger partial charge is 0.338 e. The fourth-order valence-corrected chi connectivity index (χ4v) is 2.57. The maximum Gasteiger partial charge on any atom is 0.256 e. The van der Waals surface area contributed by atoms with E-state index in [0.717, 1.165) is 6.42 Å². The molecule has 0 heterocycles. The first-order valence-electron chi connectivity index (χ1n) is 5.31. The van der Waals surface area contributed by atoms with E-state index in [-0.39, 0.29) is 0 Å². The first-order valence-corrected chi connectivity index (χ1v) is 6.48. The Labute approximate surface area is 94.3 Å². The van der Waals surface area contributed by atoms with Crippen molar-refractivity contribution >= 4 is 14.7 Å². The van der Waals surface area contributed by atoms with E-state index < -0.39 is 8.53 Å². The smallest absolute Gasteiger partial charge is 0.256 e. The molecular weight excluding hydrogens is 211 g/mol. The van der Waals surface area contributed by atoms with Crippen LogP contribution in [0.25, 0.3) is 0 Å². The second-order valence-electron chi connectivity index (χ2n) is 3.88. The molecule has 0 radical (unpaired) electrons. The Morgan fingerprint density at radius 3 is 2.27 bits per heavy atom. The summed E-state index contributed by atoms with van der Waals surface area (Å²) in [7, 11) is 0.265. The highest BCUT2D eigenvalue weighted by Gasteiger charge is 2.23. The van der Waals surface area contributed by atoms with Crippen LogP contribution < -0.4 is 0 Å². The zero-order chi connectivity index (χ0) is 11.8. The Hall–Kier alpha value is -0.0200. The molecule has 5 heteroatoms. The molecule has 15 heavy (non-hydrogen) atoms. The van der Waals surface area contributed by atoms with Crippen LogP contribution in [0.5, 0.6) is 0 Å².